The van der Waals surface area contributed by atoms with E-state index in [1.165, 1.54) is 0 Å². The topological polar surface area (TPSA) is 56.7 Å². The molecule has 0 spiro atoms. The van der Waals surface area contributed by atoms with Crippen LogP contribution < -0.4 is 5.73 Å². The van der Waals surface area contributed by atoms with E-state index >= 15 is 0 Å². The standard InChI is InChI=1S/C9H12N4.C2H6/c1-3-6-4-5-7-8(11-6)9(10)12-13(7)2;1-2/h4-5H,3H2,1-2H3,(H2,10,12);1-2H3. The SMILES string of the molecule is CC.CCc1ccc2c(n1)c(N)nn2C. The number of anilines is 1. The van der Waals surface area contributed by atoms with Gasteiger partial charge in [-0.05, 0) is 18.6 Å². The maximum atomic E-state index is 5.71. The lowest BCUT2D eigenvalue weighted by molar-refractivity contribution is 0.802. The predicted octanol–water partition coefficient (Wildman–Crippen LogP) is 2.14. The first-order valence-electron chi connectivity index (χ1n) is 5.30. The van der Waals surface area contributed by atoms with Crippen LogP contribution in [-0.2, 0) is 13.5 Å². The molecule has 0 radical (unpaired) electrons. The summed E-state index contributed by atoms with van der Waals surface area (Å²) in [6.07, 6.45) is 0.921. The van der Waals surface area contributed by atoms with Gasteiger partial charge in [0, 0.05) is 12.7 Å². The van der Waals surface area contributed by atoms with Crippen LogP contribution in [0, 0.1) is 0 Å². The molecule has 0 atom stereocenters. The van der Waals surface area contributed by atoms with E-state index in [4.69, 9.17) is 5.73 Å². The van der Waals surface area contributed by atoms with Crippen molar-refractivity contribution in [2.24, 2.45) is 7.05 Å². The first-order valence-corrected chi connectivity index (χ1v) is 5.30. The molecule has 2 heterocycles. The lowest BCUT2D eigenvalue weighted by Crippen LogP contribution is -1.91. The molecular weight excluding hydrogens is 188 g/mol. The molecule has 0 amide bonds. The fourth-order valence-corrected chi connectivity index (χ4v) is 1.40. The van der Waals surface area contributed by atoms with E-state index in [1.807, 2.05) is 33.0 Å². The second-order valence-electron chi connectivity index (χ2n) is 3.03. The third-order valence-electron chi connectivity index (χ3n) is 2.14. The normalized spacial score (nSPS) is 9.87. The number of fused-ring (bicyclic) bond motifs is 1. The van der Waals surface area contributed by atoms with Crippen LogP contribution in [0.2, 0.25) is 0 Å². The highest BCUT2D eigenvalue weighted by atomic mass is 15.3. The lowest BCUT2D eigenvalue weighted by Gasteiger charge is -1.96. The molecule has 0 aliphatic rings. The van der Waals surface area contributed by atoms with E-state index in [1.54, 1.807) is 4.68 Å². The molecule has 4 heteroatoms. The molecule has 0 aliphatic heterocycles. The highest BCUT2D eigenvalue weighted by molar-refractivity contribution is 5.85. The predicted molar refractivity (Wildman–Crippen MR) is 63.6 cm³/mol. The summed E-state index contributed by atoms with van der Waals surface area (Å²) >= 11 is 0. The third kappa shape index (κ3) is 2.09. The van der Waals surface area contributed by atoms with Gasteiger partial charge in [-0.15, -0.1) is 0 Å². The number of pyridine rings is 1. The number of hydrogen-bond acceptors (Lipinski definition) is 3. The molecule has 2 aromatic heterocycles. The fourth-order valence-electron chi connectivity index (χ4n) is 1.40. The molecule has 2 N–H and O–H groups in total. The highest BCUT2D eigenvalue weighted by Crippen LogP contribution is 2.17. The smallest absolute Gasteiger partial charge is 0.172 e. The van der Waals surface area contributed by atoms with E-state index in [-0.39, 0.29) is 0 Å². The second kappa shape index (κ2) is 4.77. The molecule has 0 aliphatic carbocycles. The van der Waals surface area contributed by atoms with Gasteiger partial charge in [0.25, 0.3) is 0 Å². The first kappa shape index (κ1) is 11.5. The minimum atomic E-state index is 0.507. The van der Waals surface area contributed by atoms with Crippen LogP contribution in [0.1, 0.15) is 26.5 Å². The molecule has 15 heavy (non-hydrogen) atoms. The Morgan fingerprint density at radius 2 is 2.00 bits per heavy atom. The Morgan fingerprint density at radius 1 is 1.33 bits per heavy atom. The molecule has 0 unspecified atom stereocenters. The number of rotatable bonds is 1. The van der Waals surface area contributed by atoms with Crippen molar-refractivity contribution in [3.63, 3.8) is 0 Å². The van der Waals surface area contributed by atoms with E-state index in [0.29, 0.717) is 5.82 Å². The van der Waals surface area contributed by atoms with Crippen molar-refractivity contribution in [2.45, 2.75) is 27.2 Å². The van der Waals surface area contributed by atoms with Crippen LogP contribution in [-0.4, -0.2) is 14.8 Å². The van der Waals surface area contributed by atoms with Gasteiger partial charge >= 0.3 is 0 Å². The molecule has 0 aromatic carbocycles. The van der Waals surface area contributed by atoms with E-state index < -0.39 is 0 Å². The number of hydrogen-bond donors (Lipinski definition) is 1. The van der Waals surface area contributed by atoms with Gasteiger partial charge in [0.1, 0.15) is 5.52 Å². The van der Waals surface area contributed by atoms with Gasteiger partial charge in [-0.3, -0.25) is 4.68 Å². The van der Waals surface area contributed by atoms with Crippen LogP contribution in [0.3, 0.4) is 0 Å². The number of aryl methyl sites for hydroxylation is 2. The molecular formula is C11H18N4. The van der Waals surface area contributed by atoms with Gasteiger partial charge in [0.2, 0.25) is 0 Å². The summed E-state index contributed by atoms with van der Waals surface area (Å²) < 4.78 is 1.75. The summed E-state index contributed by atoms with van der Waals surface area (Å²) in [6, 6.07) is 4.01. The maximum absolute atomic E-state index is 5.71. The fraction of sp³-hybridized carbons (Fsp3) is 0.455. The van der Waals surface area contributed by atoms with Gasteiger partial charge in [-0.1, -0.05) is 20.8 Å². The Hall–Kier alpha value is -1.58. The van der Waals surface area contributed by atoms with Crippen molar-refractivity contribution < 1.29 is 0 Å². The summed E-state index contributed by atoms with van der Waals surface area (Å²) in [5, 5.41) is 4.10. The van der Waals surface area contributed by atoms with E-state index in [9.17, 15) is 0 Å². The average Bonchev–Trinajstić information content (AvgIpc) is 2.57. The summed E-state index contributed by atoms with van der Waals surface area (Å²) in [5.41, 5.74) is 8.54. The third-order valence-corrected chi connectivity index (χ3v) is 2.14. The molecule has 82 valence electrons. The molecule has 4 nitrogen and oxygen atoms in total. The quantitative estimate of drug-likeness (QED) is 0.777. The highest BCUT2D eigenvalue weighted by Gasteiger charge is 2.06. The summed E-state index contributed by atoms with van der Waals surface area (Å²) in [7, 11) is 1.87. The average molecular weight is 206 g/mol. The van der Waals surface area contributed by atoms with Gasteiger partial charge in [-0.2, -0.15) is 5.10 Å². The van der Waals surface area contributed by atoms with Crippen molar-refractivity contribution in [1.29, 1.82) is 0 Å². The van der Waals surface area contributed by atoms with Gasteiger partial charge < -0.3 is 5.73 Å². The van der Waals surface area contributed by atoms with Crippen molar-refractivity contribution in [1.82, 2.24) is 14.8 Å². The molecule has 2 aromatic rings. The molecule has 0 saturated carbocycles. The van der Waals surface area contributed by atoms with Crippen LogP contribution in [0.25, 0.3) is 11.0 Å². The zero-order valence-electron chi connectivity index (χ0n) is 9.78. The van der Waals surface area contributed by atoms with Crippen molar-refractivity contribution in [3.05, 3.63) is 17.8 Å². The van der Waals surface area contributed by atoms with Crippen LogP contribution >= 0.6 is 0 Å². The Kier molecular flexibility index (Phi) is 3.66. The first-order chi connectivity index (χ1) is 7.22. The Balaban J connectivity index is 0.000000531. The molecule has 0 fully saturated rings. The summed E-state index contributed by atoms with van der Waals surface area (Å²) in [5.74, 6) is 0.507. The maximum Gasteiger partial charge on any atom is 0.172 e. The van der Waals surface area contributed by atoms with Crippen molar-refractivity contribution in [2.75, 3.05) is 5.73 Å². The molecule has 0 saturated heterocycles. The van der Waals surface area contributed by atoms with Crippen LogP contribution in [0.15, 0.2) is 12.1 Å². The Morgan fingerprint density at radius 3 is 2.60 bits per heavy atom. The minimum absolute atomic E-state index is 0.507. The monoisotopic (exact) mass is 206 g/mol. The number of nitrogens with zero attached hydrogens (tertiary/aromatic N) is 3. The summed E-state index contributed by atoms with van der Waals surface area (Å²) in [6.45, 7) is 6.07. The zero-order valence-corrected chi connectivity index (χ0v) is 9.78. The van der Waals surface area contributed by atoms with Crippen molar-refractivity contribution >= 4 is 16.9 Å². The van der Waals surface area contributed by atoms with Gasteiger partial charge in [-0.25, -0.2) is 4.98 Å². The number of aromatic nitrogens is 3. The zero-order chi connectivity index (χ0) is 11.4. The van der Waals surface area contributed by atoms with Crippen LogP contribution in [0.4, 0.5) is 5.82 Å². The van der Waals surface area contributed by atoms with Gasteiger partial charge in [0.15, 0.2) is 5.82 Å². The van der Waals surface area contributed by atoms with Gasteiger partial charge in [0.05, 0.1) is 5.52 Å². The Labute approximate surface area is 90.1 Å². The lowest BCUT2D eigenvalue weighted by atomic mass is 10.2. The Bertz CT molecular complexity index is 445. The molecule has 0 bridgehead atoms. The largest absolute Gasteiger partial charge is 0.380 e. The molecule has 2 rings (SSSR count). The second-order valence-corrected chi connectivity index (χ2v) is 3.03. The van der Waals surface area contributed by atoms with E-state index in [2.05, 4.69) is 17.0 Å². The number of nitrogen functional groups attached to an aromatic ring is 1. The number of nitrogens with two attached hydrogens (primary N) is 1. The van der Waals surface area contributed by atoms with Crippen molar-refractivity contribution in [3.8, 4) is 0 Å². The van der Waals surface area contributed by atoms with Crippen LogP contribution in [0.5, 0.6) is 0 Å². The minimum Gasteiger partial charge on any atom is -0.380 e. The summed E-state index contributed by atoms with van der Waals surface area (Å²) in [4.78, 5) is 4.41. The van der Waals surface area contributed by atoms with E-state index in [0.717, 1.165) is 23.1 Å².